The van der Waals surface area contributed by atoms with Crippen LogP contribution in [0.25, 0.3) is 15.9 Å². The molecular weight excluding hydrogens is 430 g/mol. The van der Waals surface area contributed by atoms with Gasteiger partial charge in [0.15, 0.2) is 5.16 Å². The molecule has 158 valence electrons. The minimum atomic E-state index is -0.189. The van der Waals surface area contributed by atoms with Gasteiger partial charge in [-0.3, -0.25) is 14.2 Å². The van der Waals surface area contributed by atoms with Gasteiger partial charge in [-0.15, -0.1) is 11.3 Å². The van der Waals surface area contributed by atoms with Gasteiger partial charge in [0.1, 0.15) is 10.6 Å². The molecule has 8 heteroatoms. The Morgan fingerprint density at radius 1 is 1.16 bits per heavy atom. The van der Waals surface area contributed by atoms with Crippen LogP contribution in [-0.2, 0) is 4.79 Å². The lowest BCUT2D eigenvalue weighted by molar-refractivity contribution is -0.113. The summed E-state index contributed by atoms with van der Waals surface area (Å²) in [6.07, 6.45) is 0. The van der Waals surface area contributed by atoms with Crippen molar-refractivity contribution in [3.63, 3.8) is 0 Å². The van der Waals surface area contributed by atoms with E-state index in [-0.39, 0.29) is 17.2 Å². The molecule has 1 amide bonds. The first-order valence-corrected chi connectivity index (χ1v) is 11.4. The van der Waals surface area contributed by atoms with Crippen LogP contribution in [0.5, 0.6) is 5.75 Å². The number of fused-ring (bicyclic) bond motifs is 1. The van der Waals surface area contributed by atoms with Gasteiger partial charge in [0.25, 0.3) is 5.56 Å². The van der Waals surface area contributed by atoms with E-state index in [1.54, 1.807) is 23.8 Å². The van der Waals surface area contributed by atoms with E-state index in [4.69, 9.17) is 9.72 Å². The van der Waals surface area contributed by atoms with Gasteiger partial charge in [0, 0.05) is 16.6 Å². The molecule has 31 heavy (non-hydrogen) atoms. The molecule has 4 rings (SSSR count). The first-order chi connectivity index (χ1) is 15.0. The summed E-state index contributed by atoms with van der Waals surface area (Å²) in [5.74, 6) is 0.593. The maximum Gasteiger partial charge on any atom is 0.267 e. The van der Waals surface area contributed by atoms with Crippen LogP contribution in [0.15, 0.2) is 64.5 Å². The summed E-state index contributed by atoms with van der Waals surface area (Å²) in [7, 11) is 1.58. The van der Waals surface area contributed by atoms with Crippen LogP contribution >= 0.6 is 23.1 Å². The van der Waals surface area contributed by atoms with E-state index in [0.717, 1.165) is 16.1 Å². The van der Waals surface area contributed by atoms with Crippen molar-refractivity contribution in [2.24, 2.45) is 0 Å². The number of thioether (sulfide) groups is 1. The van der Waals surface area contributed by atoms with Gasteiger partial charge in [0.05, 0.1) is 23.9 Å². The zero-order valence-electron chi connectivity index (χ0n) is 17.3. The number of aryl methyl sites for hydroxylation is 2. The Morgan fingerprint density at radius 2 is 1.94 bits per heavy atom. The van der Waals surface area contributed by atoms with Crippen LogP contribution in [-0.4, -0.2) is 28.3 Å². The number of methoxy groups -OCH3 is 1. The second-order valence-corrected chi connectivity index (χ2v) is 9.05. The van der Waals surface area contributed by atoms with Crippen LogP contribution in [0.1, 0.15) is 10.4 Å². The van der Waals surface area contributed by atoms with Gasteiger partial charge < -0.3 is 10.1 Å². The molecule has 0 aliphatic heterocycles. The number of para-hydroxylation sites is 1. The van der Waals surface area contributed by atoms with Gasteiger partial charge in [-0.2, -0.15) is 0 Å². The largest absolute Gasteiger partial charge is 0.497 e. The van der Waals surface area contributed by atoms with Crippen LogP contribution in [0.3, 0.4) is 0 Å². The Balaban J connectivity index is 1.66. The van der Waals surface area contributed by atoms with E-state index in [1.807, 2.05) is 56.3 Å². The lowest BCUT2D eigenvalue weighted by Crippen LogP contribution is -2.22. The molecule has 0 aliphatic carbocycles. The number of rotatable bonds is 6. The number of hydrogen-bond donors (Lipinski definition) is 1. The quantitative estimate of drug-likeness (QED) is 0.337. The third-order valence-corrected chi connectivity index (χ3v) is 6.91. The molecule has 0 bridgehead atoms. The van der Waals surface area contributed by atoms with E-state index in [1.165, 1.54) is 23.1 Å². The monoisotopic (exact) mass is 451 g/mol. The molecule has 0 unspecified atom stereocenters. The minimum absolute atomic E-state index is 0.116. The number of nitrogens with one attached hydrogen (secondary N) is 1. The predicted molar refractivity (Wildman–Crippen MR) is 127 cm³/mol. The van der Waals surface area contributed by atoms with Crippen molar-refractivity contribution in [1.29, 1.82) is 0 Å². The lowest BCUT2D eigenvalue weighted by atomic mass is 10.2. The van der Waals surface area contributed by atoms with Gasteiger partial charge >= 0.3 is 0 Å². The summed E-state index contributed by atoms with van der Waals surface area (Å²) in [5, 5.41) is 3.99. The van der Waals surface area contributed by atoms with E-state index < -0.39 is 0 Å². The highest BCUT2D eigenvalue weighted by atomic mass is 32.2. The number of anilines is 1. The number of thiophene rings is 1. The Kier molecular flexibility index (Phi) is 6.11. The van der Waals surface area contributed by atoms with E-state index in [9.17, 15) is 9.59 Å². The molecule has 4 aromatic rings. The van der Waals surface area contributed by atoms with E-state index in [0.29, 0.717) is 26.8 Å². The highest BCUT2D eigenvalue weighted by Gasteiger charge is 2.18. The summed E-state index contributed by atoms with van der Waals surface area (Å²) in [6, 6.07) is 16.6. The van der Waals surface area contributed by atoms with Crippen molar-refractivity contribution in [2.75, 3.05) is 18.2 Å². The van der Waals surface area contributed by atoms with E-state index in [2.05, 4.69) is 5.32 Å². The molecule has 0 fully saturated rings. The summed E-state index contributed by atoms with van der Waals surface area (Å²) in [4.78, 5) is 32.5. The molecule has 2 aromatic heterocycles. The number of aromatic nitrogens is 2. The molecule has 0 aliphatic rings. The molecule has 0 spiro atoms. The maximum atomic E-state index is 13.4. The van der Waals surface area contributed by atoms with Crippen molar-refractivity contribution >= 4 is 44.9 Å². The molecule has 0 atom stereocenters. The SMILES string of the molecule is COc1cccc(NC(=O)CSc2nc3sc(C)c(C)c3c(=O)n2-c2ccccc2)c1. The summed E-state index contributed by atoms with van der Waals surface area (Å²) < 4.78 is 6.78. The Hall–Kier alpha value is -3.10. The number of nitrogens with zero attached hydrogens (tertiary/aromatic N) is 2. The fraction of sp³-hybridized carbons (Fsp3) is 0.174. The van der Waals surface area contributed by atoms with Crippen LogP contribution < -0.4 is 15.6 Å². The van der Waals surface area contributed by atoms with Gasteiger partial charge in [-0.05, 0) is 43.7 Å². The maximum absolute atomic E-state index is 13.4. The highest BCUT2D eigenvalue weighted by Crippen LogP contribution is 2.29. The average Bonchev–Trinajstić information content (AvgIpc) is 3.06. The zero-order chi connectivity index (χ0) is 22.0. The fourth-order valence-corrected chi connectivity index (χ4v) is 5.09. The Bertz CT molecular complexity index is 1310. The van der Waals surface area contributed by atoms with Crippen LogP contribution in [0, 0.1) is 13.8 Å². The van der Waals surface area contributed by atoms with Crippen molar-refractivity contribution in [2.45, 2.75) is 19.0 Å². The average molecular weight is 452 g/mol. The summed E-state index contributed by atoms with van der Waals surface area (Å²) >= 11 is 2.74. The number of carbonyl (C=O) groups excluding carboxylic acids is 1. The van der Waals surface area contributed by atoms with Gasteiger partial charge in [-0.25, -0.2) is 4.98 Å². The van der Waals surface area contributed by atoms with Crippen molar-refractivity contribution in [3.8, 4) is 11.4 Å². The van der Waals surface area contributed by atoms with Gasteiger partial charge in [-0.1, -0.05) is 36.0 Å². The molecule has 2 aromatic carbocycles. The van der Waals surface area contributed by atoms with Crippen molar-refractivity contribution < 1.29 is 9.53 Å². The zero-order valence-corrected chi connectivity index (χ0v) is 19.0. The topological polar surface area (TPSA) is 73.2 Å². The second-order valence-electron chi connectivity index (χ2n) is 6.90. The van der Waals surface area contributed by atoms with Crippen LogP contribution in [0.4, 0.5) is 5.69 Å². The third kappa shape index (κ3) is 4.35. The summed E-state index contributed by atoms with van der Waals surface area (Å²) in [5.41, 5.74) is 2.21. The molecule has 0 saturated heterocycles. The minimum Gasteiger partial charge on any atom is -0.497 e. The lowest BCUT2D eigenvalue weighted by Gasteiger charge is -2.12. The number of ether oxygens (including phenoxy) is 1. The Morgan fingerprint density at radius 3 is 2.68 bits per heavy atom. The predicted octanol–water partition coefficient (Wildman–Crippen LogP) is 4.80. The first kappa shape index (κ1) is 21.1. The number of carbonyl (C=O) groups is 1. The number of hydrogen-bond acceptors (Lipinski definition) is 6. The normalized spacial score (nSPS) is 10.9. The van der Waals surface area contributed by atoms with Crippen molar-refractivity contribution in [3.05, 3.63) is 75.4 Å². The molecule has 0 radical (unpaired) electrons. The van der Waals surface area contributed by atoms with Crippen molar-refractivity contribution in [1.82, 2.24) is 9.55 Å². The highest BCUT2D eigenvalue weighted by molar-refractivity contribution is 7.99. The van der Waals surface area contributed by atoms with Crippen LogP contribution in [0.2, 0.25) is 0 Å². The second kappa shape index (κ2) is 8.95. The molecule has 0 saturated carbocycles. The summed E-state index contributed by atoms with van der Waals surface area (Å²) in [6.45, 7) is 3.93. The standard InChI is InChI=1S/C23H21N3O3S2/c1-14-15(2)31-21-20(14)22(28)26(17-9-5-4-6-10-17)23(25-21)30-13-19(27)24-16-8-7-11-18(12-16)29-3/h4-12H,13H2,1-3H3,(H,24,27). The fourth-order valence-electron chi connectivity index (χ4n) is 3.20. The molecule has 6 nitrogen and oxygen atoms in total. The molecular formula is C23H21N3O3S2. The van der Waals surface area contributed by atoms with E-state index >= 15 is 0 Å². The Labute approximate surface area is 187 Å². The van der Waals surface area contributed by atoms with Gasteiger partial charge in [0.2, 0.25) is 5.91 Å². The molecule has 2 heterocycles. The first-order valence-electron chi connectivity index (χ1n) is 9.63. The third-order valence-electron chi connectivity index (χ3n) is 4.87. The number of benzene rings is 2. The number of amides is 1. The smallest absolute Gasteiger partial charge is 0.267 e. The molecule has 1 N–H and O–H groups in total.